The average molecular weight is 153 g/mol. The Morgan fingerprint density at radius 3 is 3.00 bits per heavy atom. The van der Waals surface area contributed by atoms with Gasteiger partial charge in [0.15, 0.2) is 0 Å². The highest BCUT2D eigenvalue weighted by Crippen LogP contribution is 2.12. The van der Waals surface area contributed by atoms with E-state index in [1.807, 2.05) is 0 Å². The van der Waals surface area contributed by atoms with Crippen LogP contribution < -0.4 is 0 Å². The van der Waals surface area contributed by atoms with E-state index in [-0.39, 0.29) is 0 Å². The van der Waals surface area contributed by atoms with Crippen LogP contribution in [0, 0.1) is 10.1 Å². The fourth-order valence-corrected chi connectivity index (χ4v) is 0.725. The van der Waals surface area contributed by atoms with E-state index in [1.165, 1.54) is 6.26 Å². The Bertz CT molecular complexity index is 274. The van der Waals surface area contributed by atoms with Crippen LogP contribution in [0.15, 0.2) is 29.0 Å². The largest absolute Gasteiger partial charge is 0.464 e. The van der Waals surface area contributed by atoms with Gasteiger partial charge in [0, 0.05) is 0 Å². The lowest BCUT2D eigenvalue weighted by atomic mass is 10.2. The van der Waals surface area contributed by atoms with Crippen LogP contribution in [-0.2, 0) is 0 Å². The minimum Gasteiger partial charge on any atom is -0.464 e. The molecule has 58 valence electrons. The molecule has 0 atom stereocenters. The average Bonchev–Trinajstić information content (AvgIpc) is 2.35. The van der Waals surface area contributed by atoms with Crippen molar-refractivity contribution >= 4 is 5.57 Å². The Hall–Kier alpha value is -1.58. The van der Waals surface area contributed by atoms with Crippen molar-refractivity contribution in [2.24, 2.45) is 0 Å². The SMILES string of the molecule is C/C(=C/[N+](=O)[O-])c1ccco1. The van der Waals surface area contributed by atoms with Crippen molar-refractivity contribution in [2.75, 3.05) is 0 Å². The summed E-state index contributed by atoms with van der Waals surface area (Å²) in [4.78, 5) is 9.49. The predicted molar refractivity (Wildman–Crippen MR) is 39.4 cm³/mol. The van der Waals surface area contributed by atoms with Crippen LogP contribution in [0.25, 0.3) is 5.57 Å². The molecule has 4 heteroatoms. The predicted octanol–water partition coefficient (Wildman–Crippen LogP) is 1.92. The third-order valence-electron chi connectivity index (χ3n) is 1.21. The molecule has 0 bridgehead atoms. The molecule has 1 aromatic heterocycles. The van der Waals surface area contributed by atoms with Gasteiger partial charge in [-0.1, -0.05) is 0 Å². The Morgan fingerprint density at radius 2 is 2.55 bits per heavy atom. The monoisotopic (exact) mass is 153 g/mol. The third kappa shape index (κ3) is 1.93. The normalized spacial score (nSPS) is 11.5. The molecule has 0 N–H and O–H groups in total. The quantitative estimate of drug-likeness (QED) is 0.481. The Morgan fingerprint density at radius 1 is 1.82 bits per heavy atom. The van der Waals surface area contributed by atoms with Crippen LogP contribution in [0.5, 0.6) is 0 Å². The zero-order valence-electron chi connectivity index (χ0n) is 5.98. The number of nitrogens with zero attached hydrogens (tertiary/aromatic N) is 1. The summed E-state index contributed by atoms with van der Waals surface area (Å²) in [5.74, 6) is 0.529. The van der Waals surface area contributed by atoms with Gasteiger partial charge in [0.25, 0.3) is 0 Å². The summed E-state index contributed by atoms with van der Waals surface area (Å²) < 4.78 is 4.92. The molecular formula is C7H7NO3. The molecule has 0 saturated heterocycles. The summed E-state index contributed by atoms with van der Waals surface area (Å²) in [6.07, 6.45) is 2.39. The second-order valence-electron chi connectivity index (χ2n) is 2.07. The Labute approximate surface area is 63.3 Å². The van der Waals surface area contributed by atoms with E-state index in [0.29, 0.717) is 11.3 Å². The van der Waals surface area contributed by atoms with E-state index in [1.54, 1.807) is 19.1 Å². The lowest BCUT2D eigenvalue weighted by Crippen LogP contribution is -1.85. The third-order valence-corrected chi connectivity index (χ3v) is 1.21. The van der Waals surface area contributed by atoms with Crippen molar-refractivity contribution in [1.29, 1.82) is 0 Å². The Balaban J connectivity index is 2.86. The molecule has 0 fully saturated rings. The standard InChI is InChI=1S/C7H7NO3/c1-6(5-8(9)10)7-3-2-4-11-7/h2-5H,1H3/b6-5-. The van der Waals surface area contributed by atoms with Gasteiger partial charge in [-0.05, 0) is 19.1 Å². The summed E-state index contributed by atoms with van der Waals surface area (Å²) in [5.41, 5.74) is 0.514. The van der Waals surface area contributed by atoms with Crippen LogP contribution in [0.1, 0.15) is 12.7 Å². The molecule has 1 heterocycles. The lowest BCUT2D eigenvalue weighted by Gasteiger charge is -1.88. The number of rotatable bonds is 2. The molecule has 1 aromatic rings. The summed E-state index contributed by atoms with van der Waals surface area (Å²) in [7, 11) is 0. The molecule has 0 aliphatic heterocycles. The van der Waals surface area contributed by atoms with Crippen molar-refractivity contribution in [2.45, 2.75) is 6.92 Å². The molecule has 4 nitrogen and oxygen atoms in total. The highest BCUT2D eigenvalue weighted by Gasteiger charge is 2.01. The molecule has 0 amide bonds. The maximum absolute atomic E-state index is 9.99. The van der Waals surface area contributed by atoms with E-state index >= 15 is 0 Å². The van der Waals surface area contributed by atoms with Gasteiger partial charge in [-0.15, -0.1) is 0 Å². The van der Waals surface area contributed by atoms with Crippen molar-refractivity contribution < 1.29 is 9.34 Å². The maximum Gasteiger partial charge on any atom is 0.241 e. The minimum atomic E-state index is -0.502. The van der Waals surface area contributed by atoms with Crippen molar-refractivity contribution in [3.05, 3.63) is 40.5 Å². The van der Waals surface area contributed by atoms with Crippen molar-refractivity contribution in [1.82, 2.24) is 0 Å². The first-order valence-electron chi connectivity index (χ1n) is 3.06. The summed E-state index contributed by atoms with van der Waals surface area (Å²) in [6, 6.07) is 3.36. The number of furan rings is 1. The highest BCUT2D eigenvalue weighted by molar-refractivity contribution is 5.57. The molecule has 0 aromatic carbocycles. The molecule has 0 spiro atoms. The summed E-state index contributed by atoms with van der Waals surface area (Å²) in [5, 5.41) is 9.99. The van der Waals surface area contributed by atoms with Gasteiger partial charge < -0.3 is 4.42 Å². The van der Waals surface area contributed by atoms with E-state index < -0.39 is 4.92 Å². The lowest BCUT2D eigenvalue weighted by molar-refractivity contribution is -0.401. The smallest absolute Gasteiger partial charge is 0.241 e. The van der Waals surface area contributed by atoms with Gasteiger partial charge in [0.05, 0.1) is 16.8 Å². The zero-order chi connectivity index (χ0) is 8.27. The molecule has 0 aliphatic carbocycles. The van der Waals surface area contributed by atoms with Crippen LogP contribution in [-0.4, -0.2) is 4.92 Å². The van der Waals surface area contributed by atoms with E-state index in [0.717, 1.165) is 6.20 Å². The second-order valence-corrected chi connectivity index (χ2v) is 2.07. The summed E-state index contributed by atoms with van der Waals surface area (Å²) in [6.45, 7) is 1.63. The van der Waals surface area contributed by atoms with Crippen LogP contribution in [0.3, 0.4) is 0 Å². The Kier molecular flexibility index (Phi) is 2.06. The molecule has 0 radical (unpaired) electrons. The number of hydrogen-bond acceptors (Lipinski definition) is 3. The second kappa shape index (κ2) is 3.01. The maximum atomic E-state index is 9.99. The van der Waals surface area contributed by atoms with Gasteiger partial charge in [0.2, 0.25) is 6.20 Å². The number of nitro groups is 1. The van der Waals surface area contributed by atoms with E-state index in [4.69, 9.17) is 4.42 Å². The first kappa shape index (κ1) is 7.53. The summed E-state index contributed by atoms with van der Waals surface area (Å²) >= 11 is 0. The minimum absolute atomic E-state index is 0.502. The van der Waals surface area contributed by atoms with Crippen LogP contribution in [0.2, 0.25) is 0 Å². The van der Waals surface area contributed by atoms with Gasteiger partial charge in [-0.25, -0.2) is 0 Å². The van der Waals surface area contributed by atoms with Gasteiger partial charge >= 0.3 is 0 Å². The molecule has 0 unspecified atom stereocenters. The highest BCUT2D eigenvalue weighted by atomic mass is 16.6. The van der Waals surface area contributed by atoms with Crippen LogP contribution >= 0.6 is 0 Å². The van der Waals surface area contributed by atoms with Gasteiger partial charge in [-0.2, -0.15) is 0 Å². The molecule has 1 rings (SSSR count). The van der Waals surface area contributed by atoms with E-state index in [9.17, 15) is 10.1 Å². The number of allylic oxidation sites excluding steroid dienone is 1. The van der Waals surface area contributed by atoms with Gasteiger partial charge in [0.1, 0.15) is 5.76 Å². The fraction of sp³-hybridized carbons (Fsp3) is 0.143. The van der Waals surface area contributed by atoms with Crippen molar-refractivity contribution in [3.63, 3.8) is 0 Å². The molecule has 0 saturated carbocycles. The topological polar surface area (TPSA) is 56.3 Å². The fourth-order valence-electron chi connectivity index (χ4n) is 0.725. The number of hydrogen-bond donors (Lipinski definition) is 0. The molecule has 11 heavy (non-hydrogen) atoms. The van der Waals surface area contributed by atoms with E-state index in [2.05, 4.69) is 0 Å². The molecule has 0 aliphatic rings. The molecular weight excluding hydrogens is 146 g/mol. The van der Waals surface area contributed by atoms with Gasteiger partial charge in [-0.3, -0.25) is 10.1 Å². The zero-order valence-corrected chi connectivity index (χ0v) is 5.98. The van der Waals surface area contributed by atoms with Crippen molar-refractivity contribution in [3.8, 4) is 0 Å². The first-order chi connectivity index (χ1) is 5.20. The first-order valence-corrected chi connectivity index (χ1v) is 3.06. The van der Waals surface area contributed by atoms with Crippen LogP contribution in [0.4, 0.5) is 0 Å².